The van der Waals surface area contributed by atoms with E-state index in [1.54, 1.807) is 18.2 Å². The van der Waals surface area contributed by atoms with Gasteiger partial charge in [0.15, 0.2) is 0 Å². The highest BCUT2D eigenvalue weighted by atomic mass is 35.5. The monoisotopic (exact) mass is 283 g/mol. The molecule has 0 atom stereocenters. The van der Waals surface area contributed by atoms with Crippen LogP contribution in [0.5, 0.6) is 0 Å². The number of halogens is 3. The van der Waals surface area contributed by atoms with Gasteiger partial charge in [-0.15, -0.1) is 0 Å². The van der Waals surface area contributed by atoms with Crippen LogP contribution in [0.25, 0.3) is 0 Å². The lowest BCUT2D eigenvalue weighted by atomic mass is 10.3. The minimum atomic E-state index is -0.339. The van der Waals surface area contributed by atoms with Gasteiger partial charge >= 0.3 is 6.03 Å². The van der Waals surface area contributed by atoms with Crippen LogP contribution in [0.3, 0.4) is 0 Å². The van der Waals surface area contributed by atoms with Gasteiger partial charge in [-0.2, -0.15) is 0 Å². The van der Waals surface area contributed by atoms with Crippen molar-refractivity contribution in [3.63, 3.8) is 0 Å². The first kappa shape index (κ1) is 15.3. The smallest absolute Gasteiger partial charge is 0.319 e. The molecule has 90 valence electrons. The highest BCUT2D eigenvalue weighted by Gasteiger charge is 2.08. The van der Waals surface area contributed by atoms with Gasteiger partial charge in [-0.3, -0.25) is 0 Å². The number of anilines is 1. The predicted molar refractivity (Wildman–Crippen MR) is 61.2 cm³/mol. The fraction of sp³-hybridized carbons (Fsp3) is 0.222. The van der Waals surface area contributed by atoms with E-state index in [-0.39, 0.29) is 18.4 Å². The van der Waals surface area contributed by atoms with Crippen molar-refractivity contribution in [1.82, 2.24) is 5.32 Å². The Morgan fingerprint density at radius 2 is 1.88 bits per heavy atom. The molecule has 0 saturated heterocycles. The summed E-state index contributed by atoms with van der Waals surface area (Å²) in [6, 6.07) is 4.69. The number of urea groups is 1. The lowest BCUT2D eigenvalue weighted by Gasteiger charge is -2.09. The number of carbonyl (C=O) groups is 1. The fourth-order valence-electron chi connectivity index (χ4n) is 0.977. The number of hydrogen-bond acceptors (Lipinski definition) is 1. The van der Waals surface area contributed by atoms with Crippen LogP contribution in [0.1, 0.15) is 0 Å². The molecule has 0 aliphatic heterocycles. The van der Waals surface area contributed by atoms with Gasteiger partial charge in [0.2, 0.25) is 0 Å². The fourth-order valence-corrected chi connectivity index (χ4v) is 1.47. The molecule has 0 fully saturated rings. The molecule has 0 saturated carbocycles. The summed E-state index contributed by atoms with van der Waals surface area (Å²) < 4.78 is 0. The largest absolute Gasteiger partial charge is 1.00 e. The molecule has 7 heteroatoms. The topological polar surface area (TPSA) is 68.8 Å². The maximum atomic E-state index is 11.3. The van der Waals surface area contributed by atoms with Gasteiger partial charge < -0.3 is 28.8 Å². The summed E-state index contributed by atoms with van der Waals surface area (Å²) in [5.74, 6) is 0. The first-order valence-electron chi connectivity index (χ1n) is 4.43. The highest BCUT2D eigenvalue weighted by molar-refractivity contribution is 6.39. The van der Waals surface area contributed by atoms with E-state index in [0.29, 0.717) is 28.8 Å². The molecule has 2 amide bonds. The van der Waals surface area contributed by atoms with Crippen molar-refractivity contribution in [2.45, 2.75) is 0 Å². The molecule has 4 nitrogen and oxygen atoms in total. The summed E-state index contributed by atoms with van der Waals surface area (Å²) in [7, 11) is 0. The van der Waals surface area contributed by atoms with Crippen LogP contribution < -0.4 is 28.8 Å². The Hall–Kier alpha value is -0.680. The lowest BCUT2D eigenvalue weighted by molar-refractivity contribution is -0.364. The lowest BCUT2D eigenvalue weighted by Crippen LogP contribution is -3.00. The van der Waals surface area contributed by atoms with E-state index < -0.39 is 0 Å². The molecule has 0 radical (unpaired) electrons. The molecule has 0 aliphatic carbocycles. The van der Waals surface area contributed by atoms with Gasteiger partial charge in [-0.25, -0.2) is 4.79 Å². The van der Waals surface area contributed by atoms with Crippen molar-refractivity contribution < 1.29 is 22.9 Å². The number of hydrogen-bond donors (Lipinski definition) is 3. The summed E-state index contributed by atoms with van der Waals surface area (Å²) in [4.78, 5) is 11.3. The van der Waals surface area contributed by atoms with Crippen LogP contribution in [-0.4, -0.2) is 19.1 Å². The van der Waals surface area contributed by atoms with E-state index in [1.807, 2.05) is 0 Å². The van der Waals surface area contributed by atoms with E-state index in [4.69, 9.17) is 23.2 Å². The van der Waals surface area contributed by atoms with Crippen molar-refractivity contribution in [2.75, 3.05) is 18.4 Å². The maximum Gasteiger partial charge on any atom is 0.319 e. The summed E-state index contributed by atoms with van der Waals surface area (Å²) >= 11 is 11.7. The molecule has 0 aliphatic rings. The molecule has 5 N–H and O–H groups in total. The minimum absolute atomic E-state index is 0. The average Bonchev–Trinajstić information content (AvgIpc) is 2.21. The quantitative estimate of drug-likeness (QED) is 0.612. The van der Waals surface area contributed by atoms with Gasteiger partial charge in [0.1, 0.15) is 0 Å². The van der Waals surface area contributed by atoms with Crippen LogP contribution in [-0.2, 0) is 0 Å². The molecule has 0 aromatic heterocycles. The zero-order valence-electron chi connectivity index (χ0n) is 8.40. The van der Waals surface area contributed by atoms with Crippen LogP contribution in [0, 0.1) is 0 Å². The molecular formula is C9H12Cl3N3O. The van der Waals surface area contributed by atoms with Gasteiger partial charge in [0.05, 0.1) is 28.8 Å². The first-order valence-corrected chi connectivity index (χ1v) is 5.19. The summed E-state index contributed by atoms with van der Waals surface area (Å²) in [5, 5.41) is 6.00. The Morgan fingerprint density at radius 1 is 1.31 bits per heavy atom. The predicted octanol–water partition coefficient (Wildman–Crippen LogP) is -1.64. The molecule has 0 bridgehead atoms. The van der Waals surface area contributed by atoms with E-state index >= 15 is 0 Å². The number of rotatable bonds is 3. The van der Waals surface area contributed by atoms with E-state index in [1.165, 1.54) is 0 Å². The molecule has 0 heterocycles. The van der Waals surface area contributed by atoms with Crippen LogP contribution in [0.2, 0.25) is 10.0 Å². The zero-order valence-corrected chi connectivity index (χ0v) is 10.7. The molecule has 0 unspecified atom stereocenters. The Bertz CT molecular complexity index is 340. The highest BCUT2D eigenvalue weighted by Crippen LogP contribution is 2.29. The second-order valence-corrected chi connectivity index (χ2v) is 3.65. The molecule has 1 aromatic rings. The van der Waals surface area contributed by atoms with Gasteiger partial charge in [0, 0.05) is 0 Å². The summed E-state index contributed by atoms with van der Waals surface area (Å²) in [6.07, 6.45) is 0. The Labute approximate surface area is 110 Å². The SMILES string of the molecule is [Cl-].[NH3+]CCNC(=O)Nc1c(Cl)cccc1Cl. The number of amides is 2. The Kier molecular flexibility index (Phi) is 7.25. The Balaban J connectivity index is 0.00000225. The third kappa shape index (κ3) is 4.45. The number of nitrogens with one attached hydrogen (secondary N) is 2. The molecule has 16 heavy (non-hydrogen) atoms. The van der Waals surface area contributed by atoms with Gasteiger partial charge in [-0.1, -0.05) is 29.3 Å². The molecule has 1 aromatic carbocycles. The van der Waals surface area contributed by atoms with Crippen LogP contribution >= 0.6 is 23.2 Å². The molecule has 0 spiro atoms. The molecule has 1 rings (SSSR count). The Morgan fingerprint density at radius 3 is 2.38 bits per heavy atom. The van der Waals surface area contributed by atoms with Crippen LogP contribution in [0.4, 0.5) is 10.5 Å². The van der Waals surface area contributed by atoms with Crippen molar-refractivity contribution in [2.24, 2.45) is 0 Å². The number of quaternary nitrogens is 1. The average molecular weight is 285 g/mol. The van der Waals surface area contributed by atoms with Gasteiger partial charge in [-0.05, 0) is 12.1 Å². The van der Waals surface area contributed by atoms with Gasteiger partial charge in [0.25, 0.3) is 0 Å². The third-order valence-electron chi connectivity index (χ3n) is 1.66. The summed E-state index contributed by atoms with van der Waals surface area (Å²) in [5.41, 5.74) is 4.02. The van der Waals surface area contributed by atoms with Crippen molar-refractivity contribution >= 4 is 34.9 Å². The van der Waals surface area contributed by atoms with Crippen molar-refractivity contribution in [1.29, 1.82) is 0 Å². The maximum absolute atomic E-state index is 11.3. The van der Waals surface area contributed by atoms with E-state index in [0.717, 1.165) is 0 Å². The zero-order chi connectivity index (χ0) is 11.3. The van der Waals surface area contributed by atoms with Crippen molar-refractivity contribution in [3.05, 3.63) is 28.2 Å². The number of benzene rings is 1. The summed E-state index contributed by atoms with van der Waals surface area (Å²) in [6.45, 7) is 1.14. The molecular weight excluding hydrogens is 272 g/mol. The van der Waals surface area contributed by atoms with Crippen LogP contribution in [0.15, 0.2) is 18.2 Å². The first-order chi connectivity index (χ1) is 7.15. The normalized spacial score (nSPS) is 9.19. The van der Waals surface area contributed by atoms with Crippen molar-refractivity contribution in [3.8, 4) is 0 Å². The minimum Gasteiger partial charge on any atom is -1.00 e. The number of para-hydroxylation sites is 1. The second-order valence-electron chi connectivity index (χ2n) is 2.83. The van der Waals surface area contributed by atoms with E-state index in [2.05, 4.69) is 16.4 Å². The number of carbonyl (C=O) groups excluding carboxylic acids is 1. The third-order valence-corrected chi connectivity index (χ3v) is 2.29. The standard InChI is InChI=1S/C9H11Cl2N3O.ClH/c10-6-2-1-3-7(11)8(6)14-9(15)13-5-4-12;/h1-3H,4-5,12H2,(H2,13,14,15);1H. The second kappa shape index (κ2) is 7.57. The van der Waals surface area contributed by atoms with E-state index in [9.17, 15) is 4.79 Å².